The second-order valence-corrected chi connectivity index (χ2v) is 4.04. The van der Waals surface area contributed by atoms with E-state index in [-0.39, 0.29) is 5.97 Å². The van der Waals surface area contributed by atoms with Crippen LogP contribution >= 0.6 is 11.8 Å². The SMILES string of the molecule is COC(=O)CCSc1cncc(C)c1. The van der Waals surface area contributed by atoms with Crippen molar-refractivity contribution in [1.29, 1.82) is 0 Å². The summed E-state index contributed by atoms with van der Waals surface area (Å²) in [6.07, 6.45) is 4.05. The molecule has 14 heavy (non-hydrogen) atoms. The standard InChI is InChI=1S/C10H13NO2S/c1-8-5-9(7-11-6-8)14-4-3-10(12)13-2/h5-7H,3-4H2,1-2H3. The first kappa shape index (κ1) is 11.0. The van der Waals surface area contributed by atoms with Crippen molar-refractivity contribution < 1.29 is 9.53 Å². The molecule has 3 nitrogen and oxygen atoms in total. The number of methoxy groups -OCH3 is 1. The molecule has 0 bridgehead atoms. The van der Waals surface area contributed by atoms with E-state index in [1.165, 1.54) is 7.11 Å². The minimum Gasteiger partial charge on any atom is -0.469 e. The van der Waals surface area contributed by atoms with Crippen molar-refractivity contribution in [2.75, 3.05) is 12.9 Å². The number of carbonyl (C=O) groups is 1. The summed E-state index contributed by atoms with van der Waals surface area (Å²) in [6.45, 7) is 2.00. The van der Waals surface area contributed by atoms with Crippen molar-refractivity contribution in [2.24, 2.45) is 0 Å². The minimum absolute atomic E-state index is 0.168. The van der Waals surface area contributed by atoms with E-state index in [0.717, 1.165) is 16.2 Å². The summed E-state index contributed by atoms with van der Waals surface area (Å²) < 4.78 is 4.54. The number of pyridine rings is 1. The summed E-state index contributed by atoms with van der Waals surface area (Å²) >= 11 is 1.61. The molecule has 0 atom stereocenters. The highest BCUT2D eigenvalue weighted by atomic mass is 32.2. The van der Waals surface area contributed by atoms with Gasteiger partial charge in [0.05, 0.1) is 13.5 Å². The molecule has 1 heterocycles. The lowest BCUT2D eigenvalue weighted by Gasteiger charge is -2.01. The van der Waals surface area contributed by atoms with E-state index >= 15 is 0 Å². The zero-order valence-corrected chi connectivity index (χ0v) is 9.13. The number of thioether (sulfide) groups is 1. The lowest BCUT2D eigenvalue weighted by molar-refractivity contribution is -0.140. The first-order chi connectivity index (χ1) is 6.72. The van der Waals surface area contributed by atoms with E-state index in [2.05, 4.69) is 15.8 Å². The number of ether oxygens (including phenoxy) is 1. The van der Waals surface area contributed by atoms with Crippen LogP contribution in [-0.2, 0) is 9.53 Å². The topological polar surface area (TPSA) is 39.2 Å². The van der Waals surface area contributed by atoms with Crippen LogP contribution < -0.4 is 0 Å². The molecule has 0 aliphatic rings. The number of aryl methyl sites for hydroxylation is 1. The van der Waals surface area contributed by atoms with Gasteiger partial charge in [0.1, 0.15) is 0 Å². The molecule has 0 spiro atoms. The molecule has 0 radical (unpaired) electrons. The molecule has 0 saturated heterocycles. The number of hydrogen-bond donors (Lipinski definition) is 0. The van der Waals surface area contributed by atoms with Crippen LogP contribution in [-0.4, -0.2) is 23.8 Å². The van der Waals surface area contributed by atoms with Crippen LogP contribution in [0.15, 0.2) is 23.4 Å². The highest BCUT2D eigenvalue weighted by Crippen LogP contribution is 2.18. The second-order valence-electron chi connectivity index (χ2n) is 2.87. The number of nitrogens with zero attached hydrogens (tertiary/aromatic N) is 1. The summed E-state index contributed by atoms with van der Waals surface area (Å²) in [6, 6.07) is 2.05. The molecule has 0 unspecified atom stereocenters. The maximum Gasteiger partial charge on any atom is 0.306 e. The van der Waals surface area contributed by atoms with Gasteiger partial charge >= 0.3 is 5.97 Å². The number of esters is 1. The van der Waals surface area contributed by atoms with Crippen molar-refractivity contribution in [3.8, 4) is 0 Å². The maximum absolute atomic E-state index is 10.8. The molecule has 0 aliphatic carbocycles. The summed E-state index contributed by atoms with van der Waals surface area (Å²) in [7, 11) is 1.40. The predicted molar refractivity (Wildman–Crippen MR) is 56.3 cm³/mol. The van der Waals surface area contributed by atoms with Crippen LogP contribution in [0.2, 0.25) is 0 Å². The van der Waals surface area contributed by atoms with E-state index in [4.69, 9.17) is 0 Å². The Morgan fingerprint density at radius 3 is 3.00 bits per heavy atom. The van der Waals surface area contributed by atoms with Crippen molar-refractivity contribution >= 4 is 17.7 Å². The van der Waals surface area contributed by atoms with E-state index in [0.29, 0.717) is 6.42 Å². The lowest BCUT2D eigenvalue weighted by Crippen LogP contribution is -2.00. The van der Waals surface area contributed by atoms with Gasteiger partial charge in [-0.15, -0.1) is 11.8 Å². The highest BCUT2D eigenvalue weighted by molar-refractivity contribution is 7.99. The molecule has 0 aromatic carbocycles. The Bertz CT molecular complexity index is 315. The third-order valence-electron chi connectivity index (χ3n) is 1.65. The smallest absolute Gasteiger partial charge is 0.306 e. The molecule has 0 saturated carbocycles. The fraction of sp³-hybridized carbons (Fsp3) is 0.400. The number of carbonyl (C=O) groups excluding carboxylic acids is 1. The van der Waals surface area contributed by atoms with Gasteiger partial charge in [-0.3, -0.25) is 9.78 Å². The average molecular weight is 211 g/mol. The van der Waals surface area contributed by atoms with E-state index in [1.807, 2.05) is 13.1 Å². The van der Waals surface area contributed by atoms with Gasteiger partial charge in [-0.25, -0.2) is 0 Å². The Morgan fingerprint density at radius 1 is 1.57 bits per heavy atom. The van der Waals surface area contributed by atoms with Gasteiger partial charge in [0.2, 0.25) is 0 Å². The molecule has 76 valence electrons. The molecule has 0 amide bonds. The fourth-order valence-corrected chi connectivity index (χ4v) is 1.87. The Hall–Kier alpha value is -1.03. The largest absolute Gasteiger partial charge is 0.469 e. The van der Waals surface area contributed by atoms with Crippen molar-refractivity contribution in [3.63, 3.8) is 0 Å². The third kappa shape index (κ3) is 3.79. The van der Waals surface area contributed by atoms with Crippen LogP contribution in [0.4, 0.5) is 0 Å². The normalized spacial score (nSPS) is 9.86. The first-order valence-electron chi connectivity index (χ1n) is 4.33. The zero-order valence-electron chi connectivity index (χ0n) is 8.32. The predicted octanol–water partition coefficient (Wildman–Crippen LogP) is 2.05. The molecule has 1 aromatic heterocycles. The third-order valence-corrected chi connectivity index (χ3v) is 2.62. The van der Waals surface area contributed by atoms with Gasteiger partial charge < -0.3 is 4.74 Å². The van der Waals surface area contributed by atoms with Crippen LogP contribution in [0, 0.1) is 6.92 Å². The lowest BCUT2D eigenvalue weighted by atomic mass is 10.3. The van der Waals surface area contributed by atoms with Crippen molar-refractivity contribution in [3.05, 3.63) is 24.0 Å². The fourth-order valence-electron chi connectivity index (χ4n) is 0.960. The quantitative estimate of drug-likeness (QED) is 0.564. The van der Waals surface area contributed by atoms with Gasteiger partial charge in [-0.1, -0.05) is 0 Å². The van der Waals surface area contributed by atoms with E-state index in [1.54, 1.807) is 18.0 Å². The number of hydrogen-bond acceptors (Lipinski definition) is 4. The highest BCUT2D eigenvalue weighted by Gasteiger charge is 2.00. The Balaban J connectivity index is 2.35. The van der Waals surface area contributed by atoms with Gasteiger partial charge in [-0.05, 0) is 18.6 Å². The molecule has 1 rings (SSSR count). The zero-order chi connectivity index (χ0) is 10.4. The van der Waals surface area contributed by atoms with Crippen LogP contribution in [0.25, 0.3) is 0 Å². The monoisotopic (exact) mass is 211 g/mol. The summed E-state index contributed by atoms with van der Waals surface area (Å²) in [4.78, 5) is 16.0. The average Bonchev–Trinajstić information content (AvgIpc) is 2.17. The van der Waals surface area contributed by atoms with E-state index < -0.39 is 0 Å². The second kappa shape index (κ2) is 5.65. The van der Waals surface area contributed by atoms with Crippen molar-refractivity contribution in [1.82, 2.24) is 4.98 Å². The minimum atomic E-state index is -0.168. The Morgan fingerprint density at radius 2 is 2.36 bits per heavy atom. The summed E-state index contributed by atoms with van der Waals surface area (Å²) in [5.74, 6) is 0.566. The molecule has 0 aliphatic heterocycles. The van der Waals surface area contributed by atoms with Gasteiger partial charge in [0.25, 0.3) is 0 Å². The van der Waals surface area contributed by atoms with Gasteiger partial charge in [0, 0.05) is 23.0 Å². The van der Waals surface area contributed by atoms with Gasteiger partial charge in [-0.2, -0.15) is 0 Å². The van der Waals surface area contributed by atoms with Crippen molar-refractivity contribution in [2.45, 2.75) is 18.2 Å². The first-order valence-corrected chi connectivity index (χ1v) is 5.32. The van der Waals surface area contributed by atoms with Crippen LogP contribution in [0.3, 0.4) is 0 Å². The molecular formula is C10H13NO2S. The molecule has 1 aromatic rings. The Kier molecular flexibility index (Phi) is 4.46. The number of aromatic nitrogens is 1. The Labute approximate surface area is 87.9 Å². The van der Waals surface area contributed by atoms with E-state index in [9.17, 15) is 4.79 Å². The molecule has 0 N–H and O–H groups in total. The van der Waals surface area contributed by atoms with Crippen LogP contribution in [0.1, 0.15) is 12.0 Å². The number of rotatable bonds is 4. The van der Waals surface area contributed by atoms with Gasteiger partial charge in [0.15, 0.2) is 0 Å². The summed E-state index contributed by atoms with van der Waals surface area (Å²) in [5.41, 5.74) is 1.13. The molecular weight excluding hydrogens is 198 g/mol. The summed E-state index contributed by atoms with van der Waals surface area (Å²) in [5, 5.41) is 0. The molecule has 0 fully saturated rings. The van der Waals surface area contributed by atoms with Crippen LogP contribution in [0.5, 0.6) is 0 Å². The maximum atomic E-state index is 10.8. The molecule has 4 heteroatoms.